The van der Waals surface area contributed by atoms with E-state index in [0.29, 0.717) is 5.75 Å². The predicted octanol–water partition coefficient (Wildman–Crippen LogP) is 4.32. The van der Waals surface area contributed by atoms with Crippen LogP contribution < -0.4 is 5.32 Å². The van der Waals surface area contributed by atoms with Crippen molar-refractivity contribution >= 4 is 34.1 Å². The molecule has 0 unspecified atom stereocenters. The van der Waals surface area contributed by atoms with Crippen molar-refractivity contribution in [3.63, 3.8) is 0 Å². The van der Waals surface area contributed by atoms with E-state index in [1.807, 2.05) is 50.2 Å². The summed E-state index contributed by atoms with van der Waals surface area (Å²) in [7, 11) is 0. The minimum atomic E-state index is -0.00274. The average molecular weight is 326 g/mol. The molecule has 0 saturated heterocycles. The van der Waals surface area contributed by atoms with Crippen molar-refractivity contribution in [3.8, 4) is 0 Å². The van der Waals surface area contributed by atoms with E-state index in [9.17, 15) is 4.79 Å². The normalized spacial score (nSPS) is 10.9. The minimum absolute atomic E-state index is 0.00274. The molecule has 0 aliphatic rings. The Bertz CT molecular complexity index is 822. The monoisotopic (exact) mass is 326 g/mol. The average Bonchev–Trinajstić information content (AvgIpc) is 2.86. The summed E-state index contributed by atoms with van der Waals surface area (Å²) in [6, 6.07) is 14.0. The Labute approximate surface area is 139 Å². The zero-order chi connectivity index (χ0) is 16.2. The van der Waals surface area contributed by atoms with Crippen molar-refractivity contribution in [3.05, 3.63) is 59.5 Å². The zero-order valence-corrected chi connectivity index (χ0v) is 13.9. The first-order valence-electron chi connectivity index (χ1n) is 7.41. The predicted molar refractivity (Wildman–Crippen MR) is 94.7 cm³/mol. The number of nitrogens with zero attached hydrogens (tertiary/aromatic N) is 1. The second kappa shape index (κ2) is 6.87. The number of fused-ring (bicyclic) bond motifs is 1. The first kappa shape index (κ1) is 15.6. The molecule has 1 heterocycles. The Hall–Kier alpha value is -2.27. The SMILES string of the molecule is Cc1noc(C)c1CSCC(=O)Nc1ccc2ccccc2c1. The first-order valence-corrected chi connectivity index (χ1v) is 8.57. The van der Waals surface area contributed by atoms with Gasteiger partial charge in [-0.2, -0.15) is 0 Å². The minimum Gasteiger partial charge on any atom is -0.361 e. The number of carbonyl (C=O) groups is 1. The molecule has 3 aromatic rings. The van der Waals surface area contributed by atoms with Gasteiger partial charge in [-0.3, -0.25) is 4.79 Å². The lowest BCUT2D eigenvalue weighted by molar-refractivity contribution is -0.113. The summed E-state index contributed by atoms with van der Waals surface area (Å²) in [6.45, 7) is 3.81. The lowest BCUT2D eigenvalue weighted by atomic mass is 10.1. The molecule has 5 heteroatoms. The van der Waals surface area contributed by atoms with Gasteiger partial charge in [0.05, 0.1) is 11.4 Å². The fraction of sp³-hybridized carbons (Fsp3) is 0.222. The van der Waals surface area contributed by atoms with E-state index in [-0.39, 0.29) is 5.91 Å². The third kappa shape index (κ3) is 3.74. The Morgan fingerprint density at radius 2 is 1.96 bits per heavy atom. The van der Waals surface area contributed by atoms with Gasteiger partial charge < -0.3 is 9.84 Å². The van der Waals surface area contributed by atoms with Gasteiger partial charge in [-0.1, -0.05) is 35.5 Å². The molecule has 0 saturated carbocycles. The van der Waals surface area contributed by atoms with Crippen LogP contribution >= 0.6 is 11.8 Å². The highest BCUT2D eigenvalue weighted by atomic mass is 32.2. The molecule has 4 nitrogen and oxygen atoms in total. The lowest BCUT2D eigenvalue weighted by Crippen LogP contribution is -2.14. The molecule has 1 aromatic heterocycles. The van der Waals surface area contributed by atoms with Crippen molar-refractivity contribution < 1.29 is 9.32 Å². The Morgan fingerprint density at radius 3 is 2.70 bits per heavy atom. The van der Waals surface area contributed by atoms with Gasteiger partial charge in [0, 0.05) is 17.0 Å². The largest absolute Gasteiger partial charge is 0.361 e. The summed E-state index contributed by atoms with van der Waals surface area (Å²) < 4.78 is 5.13. The van der Waals surface area contributed by atoms with Crippen molar-refractivity contribution in [2.45, 2.75) is 19.6 Å². The molecule has 2 aromatic carbocycles. The van der Waals surface area contributed by atoms with Crippen LogP contribution in [0.3, 0.4) is 0 Å². The number of anilines is 1. The van der Waals surface area contributed by atoms with Gasteiger partial charge in [0.2, 0.25) is 5.91 Å². The molecule has 118 valence electrons. The summed E-state index contributed by atoms with van der Waals surface area (Å²) in [4.78, 5) is 12.1. The number of benzene rings is 2. The maximum absolute atomic E-state index is 12.1. The van der Waals surface area contributed by atoms with Crippen LogP contribution in [0.5, 0.6) is 0 Å². The van der Waals surface area contributed by atoms with E-state index in [4.69, 9.17) is 4.52 Å². The van der Waals surface area contributed by atoms with Gasteiger partial charge in [0.25, 0.3) is 0 Å². The first-order chi connectivity index (χ1) is 11.1. The lowest BCUT2D eigenvalue weighted by Gasteiger charge is -2.06. The molecule has 1 amide bonds. The van der Waals surface area contributed by atoms with E-state index >= 15 is 0 Å². The number of hydrogen-bond donors (Lipinski definition) is 1. The molecule has 23 heavy (non-hydrogen) atoms. The van der Waals surface area contributed by atoms with Crippen LogP contribution in [0.2, 0.25) is 0 Å². The standard InChI is InChI=1S/C18H18N2O2S/c1-12-17(13(2)22-20-12)10-23-11-18(21)19-16-8-7-14-5-3-4-6-15(14)9-16/h3-9H,10-11H2,1-2H3,(H,19,21). The highest BCUT2D eigenvalue weighted by molar-refractivity contribution is 7.99. The molecular weight excluding hydrogens is 308 g/mol. The van der Waals surface area contributed by atoms with E-state index in [1.54, 1.807) is 11.8 Å². The van der Waals surface area contributed by atoms with Gasteiger partial charge in [0.15, 0.2) is 0 Å². The highest BCUT2D eigenvalue weighted by Crippen LogP contribution is 2.21. The second-order valence-corrected chi connectivity index (χ2v) is 6.39. The third-order valence-electron chi connectivity index (χ3n) is 3.69. The fourth-order valence-corrected chi connectivity index (χ4v) is 3.39. The molecular formula is C18H18N2O2S. The van der Waals surface area contributed by atoms with Crippen LogP contribution in [0, 0.1) is 13.8 Å². The molecule has 3 rings (SSSR count). The van der Waals surface area contributed by atoms with Crippen LogP contribution in [0.15, 0.2) is 47.0 Å². The number of thioether (sulfide) groups is 1. The van der Waals surface area contributed by atoms with Crippen molar-refractivity contribution in [1.29, 1.82) is 0 Å². The van der Waals surface area contributed by atoms with Crippen LogP contribution in [0.4, 0.5) is 5.69 Å². The van der Waals surface area contributed by atoms with E-state index in [2.05, 4.69) is 16.5 Å². The molecule has 0 aliphatic heterocycles. The molecule has 0 aliphatic carbocycles. The van der Waals surface area contributed by atoms with Gasteiger partial charge in [-0.15, -0.1) is 11.8 Å². The summed E-state index contributed by atoms with van der Waals surface area (Å²) in [5, 5.41) is 9.15. The summed E-state index contributed by atoms with van der Waals surface area (Å²) >= 11 is 1.56. The van der Waals surface area contributed by atoms with Crippen LogP contribution in [-0.2, 0) is 10.5 Å². The molecule has 0 atom stereocenters. The number of nitrogens with one attached hydrogen (secondary N) is 1. The van der Waals surface area contributed by atoms with E-state index in [0.717, 1.165) is 33.8 Å². The van der Waals surface area contributed by atoms with E-state index < -0.39 is 0 Å². The topological polar surface area (TPSA) is 55.1 Å². The zero-order valence-electron chi connectivity index (χ0n) is 13.1. The van der Waals surface area contributed by atoms with Gasteiger partial charge >= 0.3 is 0 Å². The highest BCUT2D eigenvalue weighted by Gasteiger charge is 2.10. The summed E-state index contributed by atoms with van der Waals surface area (Å²) in [5.74, 6) is 1.95. The third-order valence-corrected chi connectivity index (χ3v) is 4.65. The van der Waals surface area contributed by atoms with Crippen molar-refractivity contribution in [2.24, 2.45) is 0 Å². The maximum Gasteiger partial charge on any atom is 0.234 e. The van der Waals surface area contributed by atoms with Crippen molar-refractivity contribution in [1.82, 2.24) is 5.16 Å². The number of aryl methyl sites for hydroxylation is 2. The quantitative estimate of drug-likeness (QED) is 0.759. The van der Waals surface area contributed by atoms with Gasteiger partial charge in [-0.25, -0.2) is 0 Å². The Morgan fingerprint density at radius 1 is 1.17 bits per heavy atom. The number of aromatic nitrogens is 1. The molecule has 0 spiro atoms. The van der Waals surface area contributed by atoms with Gasteiger partial charge in [0.1, 0.15) is 5.76 Å². The Kier molecular flexibility index (Phi) is 4.67. The number of hydrogen-bond acceptors (Lipinski definition) is 4. The van der Waals surface area contributed by atoms with Crippen molar-refractivity contribution in [2.75, 3.05) is 11.1 Å². The number of amides is 1. The van der Waals surface area contributed by atoms with Crippen LogP contribution in [0.25, 0.3) is 10.8 Å². The Balaban J connectivity index is 1.56. The molecule has 0 fully saturated rings. The summed E-state index contributed by atoms with van der Waals surface area (Å²) in [5.41, 5.74) is 2.80. The van der Waals surface area contributed by atoms with Gasteiger partial charge in [-0.05, 0) is 36.8 Å². The maximum atomic E-state index is 12.1. The fourth-order valence-electron chi connectivity index (χ4n) is 2.42. The smallest absolute Gasteiger partial charge is 0.234 e. The second-order valence-electron chi connectivity index (χ2n) is 5.41. The number of rotatable bonds is 5. The van der Waals surface area contributed by atoms with Crippen LogP contribution in [0.1, 0.15) is 17.0 Å². The molecule has 1 N–H and O–H groups in total. The van der Waals surface area contributed by atoms with Crippen LogP contribution in [-0.4, -0.2) is 16.8 Å². The van der Waals surface area contributed by atoms with E-state index in [1.165, 1.54) is 5.39 Å². The molecule has 0 radical (unpaired) electrons. The summed E-state index contributed by atoms with van der Waals surface area (Å²) in [6.07, 6.45) is 0. The number of carbonyl (C=O) groups excluding carboxylic acids is 1. The molecule has 0 bridgehead atoms.